The number of pyridine rings is 2. The topological polar surface area (TPSA) is 78.1 Å². The molecular weight excluding hydrogens is 378 g/mol. The van der Waals surface area contributed by atoms with Gasteiger partial charge in [-0.1, -0.05) is 0 Å². The average Bonchev–Trinajstić information content (AvgIpc) is 3.02. The number of aryl methyl sites for hydroxylation is 2. The van der Waals surface area contributed by atoms with Gasteiger partial charge >= 0.3 is 0 Å². The molecule has 1 amide bonds. The Morgan fingerprint density at radius 1 is 1.24 bits per heavy atom. The van der Waals surface area contributed by atoms with Gasteiger partial charge in [-0.15, -0.1) is 0 Å². The molecule has 2 N–H and O–H groups in total. The molecule has 0 atom stereocenters. The number of amides is 1. The minimum Gasteiger partial charge on any atom is -0.350 e. The van der Waals surface area contributed by atoms with Crippen molar-refractivity contribution in [2.75, 3.05) is 23.3 Å². The number of carbonyl (C=O) groups excluding carboxylic acids is 1. The summed E-state index contributed by atoms with van der Waals surface area (Å²) in [5.41, 5.74) is 2.88. The molecule has 4 rings (SSSR count). The second-order valence-corrected chi connectivity index (χ2v) is 7.39. The first-order chi connectivity index (χ1) is 13.7. The molecule has 0 unspecified atom stereocenters. The number of hydrogen-bond acceptors (Lipinski definition) is 4. The molecule has 8 heteroatoms. The highest BCUT2D eigenvalue weighted by Crippen LogP contribution is 2.32. The lowest BCUT2D eigenvalue weighted by atomic mass is 10.1. The number of alkyl halides is 2. The Kier molecular flexibility index (Phi) is 4.56. The standard InChI is InChI=1S/C21H20F2N4O2/c1-12-9-18(28)25-17-8-13(2)16(10-15(12)17)26-20(29)14-4-3-6-24-19(14)27-7-5-21(22,23)11-27/h3-4,6,8-10H,5,7,11H2,1-2H3,(H,25,28)(H,26,29). The van der Waals surface area contributed by atoms with Gasteiger partial charge in [0.15, 0.2) is 0 Å². The number of halogens is 2. The molecule has 0 aliphatic carbocycles. The van der Waals surface area contributed by atoms with Crippen LogP contribution in [0.2, 0.25) is 0 Å². The Balaban J connectivity index is 1.67. The Morgan fingerprint density at radius 2 is 2.03 bits per heavy atom. The molecule has 3 aromatic rings. The van der Waals surface area contributed by atoms with Crippen LogP contribution in [0.3, 0.4) is 0 Å². The summed E-state index contributed by atoms with van der Waals surface area (Å²) in [7, 11) is 0. The predicted molar refractivity (Wildman–Crippen MR) is 108 cm³/mol. The maximum Gasteiger partial charge on any atom is 0.266 e. The van der Waals surface area contributed by atoms with Crippen LogP contribution in [0.1, 0.15) is 27.9 Å². The third-order valence-electron chi connectivity index (χ3n) is 5.14. The molecule has 1 fully saturated rings. The number of aromatic amines is 1. The molecule has 1 aliphatic rings. The minimum atomic E-state index is -2.78. The third kappa shape index (κ3) is 3.70. The first-order valence-corrected chi connectivity index (χ1v) is 9.27. The molecule has 1 aliphatic heterocycles. The monoisotopic (exact) mass is 398 g/mol. The van der Waals surface area contributed by atoms with Crippen molar-refractivity contribution < 1.29 is 13.6 Å². The number of carbonyl (C=O) groups is 1. The van der Waals surface area contributed by atoms with Gasteiger partial charge in [0.05, 0.1) is 12.1 Å². The van der Waals surface area contributed by atoms with E-state index in [0.29, 0.717) is 11.2 Å². The van der Waals surface area contributed by atoms with E-state index in [1.807, 2.05) is 13.8 Å². The van der Waals surface area contributed by atoms with Gasteiger partial charge in [-0.25, -0.2) is 13.8 Å². The number of hydrogen-bond donors (Lipinski definition) is 2. The Morgan fingerprint density at radius 3 is 2.76 bits per heavy atom. The maximum absolute atomic E-state index is 13.6. The van der Waals surface area contributed by atoms with Crippen LogP contribution in [0, 0.1) is 13.8 Å². The Labute approximate surface area is 165 Å². The quantitative estimate of drug-likeness (QED) is 0.706. The molecule has 3 heterocycles. The first kappa shape index (κ1) is 19.0. The van der Waals surface area contributed by atoms with Crippen LogP contribution in [0.5, 0.6) is 0 Å². The lowest BCUT2D eigenvalue weighted by Crippen LogP contribution is -2.28. The van der Waals surface area contributed by atoms with Crippen molar-refractivity contribution in [3.8, 4) is 0 Å². The summed E-state index contributed by atoms with van der Waals surface area (Å²) < 4.78 is 27.3. The van der Waals surface area contributed by atoms with Crippen LogP contribution >= 0.6 is 0 Å². The van der Waals surface area contributed by atoms with E-state index >= 15 is 0 Å². The summed E-state index contributed by atoms with van der Waals surface area (Å²) >= 11 is 0. The lowest BCUT2D eigenvalue weighted by Gasteiger charge is -2.20. The molecule has 0 spiro atoms. The summed E-state index contributed by atoms with van der Waals surface area (Å²) in [6, 6.07) is 8.27. The van der Waals surface area contributed by atoms with Gasteiger partial charge in [-0.05, 0) is 49.2 Å². The number of anilines is 2. The summed E-state index contributed by atoms with van der Waals surface area (Å²) in [6.07, 6.45) is 1.23. The first-order valence-electron chi connectivity index (χ1n) is 9.27. The fraction of sp³-hybridized carbons (Fsp3) is 0.286. The normalized spacial score (nSPS) is 15.7. The highest BCUT2D eigenvalue weighted by atomic mass is 19.3. The van der Waals surface area contributed by atoms with Gasteiger partial charge in [0, 0.05) is 41.8 Å². The number of nitrogens with one attached hydrogen (secondary N) is 2. The van der Waals surface area contributed by atoms with Gasteiger partial charge in [0.25, 0.3) is 11.8 Å². The molecule has 150 valence electrons. The zero-order valence-electron chi connectivity index (χ0n) is 16.1. The van der Waals surface area contributed by atoms with Crippen LogP contribution < -0.4 is 15.8 Å². The van der Waals surface area contributed by atoms with Crippen LogP contribution in [-0.4, -0.2) is 34.9 Å². The molecule has 6 nitrogen and oxygen atoms in total. The van der Waals surface area contributed by atoms with Crippen molar-refractivity contribution in [1.82, 2.24) is 9.97 Å². The van der Waals surface area contributed by atoms with E-state index in [9.17, 15) is 18.4 Å². The highest BCUT2D eigenvalue weighted by Gasteiger charge is 2.39. The van der Waals surface area contributed by atoms with Crippen molar-refractivity contribution in [2.24, 2.45) is 0 Å². The third-order valence-corrected chi connectivity index (χ3v) is 5.14. The molecule has 0 saturated carbocycles. The molecule has 1 saturated heterocycles. The van der Waals surface area contributed by atoms with E-state index in [1.54, 1.807) is 24.3 Å². The summed E-state index contributed by atoms with van der Waals surface area (Å²) in [6.45, 7) is 3.34. The van der Waals surface area contributed by atoms with E-state index in [1.165, 1.54) is 17.2 Å². The Hall–Kier alpha value is -3.29. The zero-order valence-corrected chi connectivity index (χ0v) is 16.1. The summed E-state index contributed by atoms with van der Waals surface area (Å²) in [5, 5.41) is 3.68. The maximum atomic E-state index is 13.6. The van der Waals surface area contributed by atoms with E-state index in [-0.39, 0.29) is 29.9 Å². The van der Waals surface area contributed by atoms with Crippen LogP contribution in [0.15, 0.2) is 41.3 Å². The van der Waals surface area contributed by atoms with E-state index in [4.69, 9.17) is 0 Å². The van der Waals surface area contributed by atoms with Gasteiger partial charge in [0.1, 0.15) is 5.82 Å². The fourth-order valence-electron chi connectivity index (χ4n) is 3.65. The predicted octanol–water partition coefficient (Wildman–Crippen LogP) is 3.64. The molecule has 1 aromatic carbocycles. The second kappa shape index (κ2) is 6.95. The van der Waals surface area contributed by atoms with E-state index < -0.39 is 18.4 Å². The minimum absolute atomic E-state index is 0.145. The number of rotatable bonds is 3. The van der Waals surface area contributed by atoms with Crippen molar-refractivity contribution in [2.45, 2.75) is 26.2 Å². The van der Waals surface area contributed by atoms with Gasteiger partial charge in [-0.3, -0.25) is 9.59 Å². The smallest absolute Gasteiger partial charge is 0.266 e. The average molecular weight is 398 g/mol. The van der Waals surface area contributed by atoms with E-state index in [0.717, 1.165) is 16.5 Å². The van der Waals surface area contributed by atoms with Crippen molar-refractivity contribution in [3.05, 3.63) is 63.6 Å². The largest absolute Gasteiger partial charge is 0.350 e. The van der Waals surface area contributed by atoms with E-state index in [2.05, 4.69) is 15.3 Å². The number of fused-ring (bicyclic) bond motifs is 1. The highest BCUT2D eigenvalue weighted by molar-refractivity contribution is 6.08. The summed E-state index contributed by atoms with van der Waals surface area (Å²) in [4.78, 5) is 33.0. The van der Waals surface area contributed by atoms with Gasteiger partial charge in [0.2, 0.25) is 5.56 Å². The Bertz CT molecular complexity index is 1170. The van der Waals surface area contributed by atoms with Crippen molar-refractivity contribution in [3.63, 3.8) is 0 Å². The number of nitrogens with zero attached hydrogens (tertiary/aromatic N) is 2. The van der Waals surface area contributed by atoms with Crippen molar-refractivity contribution >= 4 is 28.3 Å². The van der Waals surface area contributed by atoms with Crippen LogP contribution in [0.4, 0.5) is 20.3 Å². The summed E-state index contributed by atoms with van der Waals surface area (Å²) in [5.74, 6) is -2.96. The molecule has 2 aromatic heterocycles. The zero-order chi connectivity index (χ0) is 20.8. The molecule has 0 bridgehead atoms. The fourth-order valence-corrected chi connectivity index (χ4v) is 3.65. The SMILES string of the molecule is Cc1cc2[nH]c(=O)cc(C)c2cc1NC(=O)c1cccnc1N1CCC(F)(F)C1. The lowest BCUT2D eigenvalue weighted by molar-refractivity contribution is 0.0256. The van der Waals surface area contributed by atoms with Gasteiger partial charge < -0.3 is 15.2 Å². The molecule has 29 heavy (non-hydrogen) atoms. The van der Waals surface area contributed by atoms with Gasteiger partial charge in [-0.2, -0.15) is 0 Å². The number of benzene rings is 1. The van der Waals surface area contributed by atoms with Crippen LogP contribution in [-0.2, 0) is 0 Å². The second-order valence-electron chi connectivity index (χ2n) is 7.39. The molecule has 0 radical (unpaired) electrons. The van der Waals surface area contributed by atoms with Crippen molar-refractivity contribution in [1.29, 1.82) is 0 Å². The number of aromatic nitrogens is 2. The molecular formula is C21H20F2N4O2. The van der Waals surface area contributed by atoms with Crippen LogP contribution in [0.25, 0.3) is 10.9 Å². The number of H-pyrrole nitrogens is 1.